The predicted molar refractivity (Wildman–Crippen MR) is 98.6 cm³/mol. The van der Waals surface area contributed by atoms with Crippen LogP contribution in [0.2, 0.25) is 5.02 Å². The largest absolute Gasteiger partial charge is 0.354 e. The van der Waals surface area contributed by atoms with Gasteiger partial charge in [-0.3, -0.25) is 9.59 Å². The Morgan fingerprint density at radius 1 is 0.917 bits per heavy atom. The first kappa shape index (κ1) is 18.4. The van der Waals surface area contributed by atoms with Gasteiger partial charge in [0.25, 0.3) is 5.91 Å². The number of carbonyl (C=O) groups is 2. The predicted octanol–water partition coefficient (Wildman–Crippen LogP) is 3.37. The molecular formula is C18H19ClN2O2S. The molecule has 2 rings (SSSR count). The second-order valence-corrected chi connectivity index (χ2v) is 6.63. The van der Waals surface area contributed by atoms with Crippen molar-refractivity contribution < 1.29 is 9.59 Å². The molecule has 0 fully saturated rings. The average Bonchev–Trinajstić information content (AvgIpc) is 2.61. The summed E-state index contributed by atoms with van der Waals surface area (Å²) in [4.78, 5) is 24.6. The van der Waals surface area contributed by atoms with E-state index in [1.807, 2.05) is 42.5 Å². The third kappa shape index (κ3) is 6.64. The van der Waals surface area contributed by atoms with E-state index in [2.05, 4.69) is 10.6 Å². The molecule has 126 valence electrons. The van der Waals surface area contributed by atoms with Crippen LogP contribution in [0.15, 0.2) is 59.5 Å². The molecule has 0 bridgehead atoms. The van der Waals surface area contributed by atoms with Gasteiger partial charge in [-0.2, -0.15) is 0 Å². The maximum absolute atomic E-state index is 11.8. The van der Waals surface area contributed by atoms with Crippen molar-refractivity contribution in [3.05, 3.63) is 65.2 Å². The maximum atomic E-state index is 11.8. The number of hydrogen-bond acceptors (Lipinski definition) is 3. The van der Waals surface area contributed by atoms with Crippen LogP contribution in [0.4, 0.5) is 0 Å². The summed E-state index contributed by atoms with van der Waals surface area (Å²) >= 11 is 7.43. The zero-order chi connectivity index (χ0) is 17.2. The fourth-order valence-corrected chi connectivity index (χ4v) is 2.93. The Kier molecular flexibility index (Phi) is 7.65. The summed E-state index contributed by atoms with van der Waals surface area (Å²) in [6, 6.07) is 16.5. The topological polar surface area (TPSA) is 58.2 Å². The molecule has 0 saturated carbocycles. The van der Waals surface area contributed by atoms with E-state index in [1.54, 1.807) is 23.9 Å². The van der Waals surface area contributed by atoms with E-state index in [4.69, 9.17) is 11.6 Å². The molecule has 2 aromatic carbocycles. The summed E-state index contributed by atoms with van der Waals surface area (Å²) < 4.78 is 0. The summed E-state index contributed by atoms with van der Waals surface area (Å²) in [7, 11) is 0. The van der Waals surface area contributed by atoms with Crippen molar-refractivity contribution in [1.82, 2.24) is 10.6 Å². The van der Waals surface area contributed by atoms with E-state index in [9.17, 15) is 9.59 Å². The van der Waals surface area contributed by atoms with Gasteiger partial charge in [-0.05, 0) is 36.4 Å². The van der Waals surface area contributed by atoms with Crippen LogP contribution in [0.25, 0.3) is 0 Å². The lowest BCUT2D eigenvalue weighted by Crippen LogP contribution is -2.34. The molecule has 0 unspecified atom stereocenters. The summed E-state index contributed by atoms with van der Waals surface area (Å²) in [6.45, 7) is 0.826. The Hall–Kier alpha value is -1.98. The van der Waals surface area contributed by atoms with E-state index in [0.29, 0.717) is 35.8 Å². The number of amides is 2. The first-order valence-electron chi connectivity index (χ1n) is 7.63. The van der Waals surface area contributed by atoms with Gasteiger partial charge >= 0.3 is 0 Å². The lowest BCUT2D eigenvalue weighted by atomic mass is 10.2. The molecule has 0 spiro atoms. The highest BCUT2D eigenvalue weighted by molar-refractivity contribution is 7.99. The van der Waals surface area contributed by atoms with Gasteiger partial charge in [-0.15, -0.1) is 11.8 Å². The van der Waals surface area contributed by atoms with Crippen LogP contribution in [0, 0.1) is 0 Å². The molecule has 0 aromatic heterocycles. The van der Waals surface area contributed by atoms with E-state index in [1.165, 1.54) is 0 Å². The molecule has 0 aliphatic heterocycles. The van der Waals surface area contributed by atoms with Gasteiger partial charge in [0.2, 0.25) is 5.91 Å². The third-order valence-corrected chi connectivity index (χ3v) is 4.45. The molecule has 2 N–H and O–H groups in total. The van der Waals surface area contributed by atoms with Gasteiger partial charge in [0.05, 0.1) is 0 Å². The Bertz CT molecular complexity index is 662. The van der Waals surface area contributed by atoms with Crippen molar-refractivity contribution in [1.29, 1.82) is 0 Å². The van der Waals surface area contributed by atoms with Crippen LogP contribution in [-0.4, -0.2) is 30.7 Å². The third-order valence-electron chi connectivity index (χ3n) is 3.18. The Morgan fingerprint density at radius 2 is 1.58 bits per heavy atom. The molecule has 0 radical (unpaired) electrons. The fraction of sp³-hybridized carbons (Fsp3) is 0.222. The Balaban J connectivity index is 1.56. The second kappa shape index (κ2) is 10.0. The first-order chi connectivity index (χ1) is 11.6. The average molecular weight is 363 g/mol. The number of benzene rings is 2. The van der Waals surface area contributed by atoms with Crippen molar-refractivity contribution >= 4 is 35.2 Å². The molecule has 0 aliphatic carbocycles. The van der Waals surface area contributed by atoms with Crippen molar-refractivity contribution in [3.63, 3.8) is 0 Å². The molecule has 0 heterocycles. The van der Waals surface area contributed by atoms with Crippen LogP contribution in [0.3, 0.4) is 0 Å². The van der Waals surface area contributed by atoms with Crippen LogP contribution in [-0.2, 0) is 4.79 Å². The van der Waals surface area contributed by atoms with E-state index in [-0.39, 0.29) is 11.8 Å². The lowest BCUT2D eigenvalue weighted by molar-refractivity contribution is -0.120. The smallest absolute Gasteiger partial charge is 0.251 e. The fourth-order valence-electron chi connectivity index (χ4n) is 1.95. The Morgan fingerprint density at radius 3 is 2.29 bits per heavy atom. The molecule has 0 atom stereocenters. The van der Waals surface area contributed by atoms with Crippen molar-refractivity contribution in [2.45, 2.75) is 11.3 Å². The molecule has 6 heteroatoms. The normalized spacial score (nSPS) is 10.2. The number of thioether (sulfide) groups is 1. The highest BCUT2D eigenvalue weighted by atomic mass is 35.5. The zero-order valence-corrected chi connectivity index (χ0v) is 14.7. The highest BCUT2D eigenvalue weighted by Gasteiger charge is 2.04. The van der Waals surface area contributed by atoms with Gasteiger partial charge in [0.15, 0.2) is 0 Å². The molecule has 2 aromatic rings. The summed E-state index contributed by atoms with van der Waals surface area (Å²) in [5.41, 5.74) is 0.614. The molecule has 24 heavy (non-hydrogen) atoms. The minimum atomic E-state index is -0.136. The van der Waals surface area contributed by atoms with Gasteiger partial charge in [-0.25, -0.2) is 0 Å². The highest BCUT2D eigenvalue weighted by Crippen LogP contribution is 2.20. The first-order valence-corrected chi connectivity index (χ1v) is 9.00. The SMILES string of the molecule is O=C(CCSc1ccc(Cl)cc1)NCCNC(=O)c1ccccc1. The van der Waals surface area contributed by atoms with Crippen molar-refractivity contribution in [3.8, 4) is 0 Å². The van der Waals surface area contributed by atoms with E-state index < -0.39 is 0 Å². The molecular weight excluding hydrogens is 344 g/mol. The molecule has 4 nitrogen and oxygen atoms in total. The number of carbonyl (C=O) groups excluding carboxylic acids is 2. The maximum Gasteiger partial charge on any atom is 0.251 e. The minimum absolute atomic E-state index is 0.0228. The molecule has 2 amide bonds. The van der Waals surface area contributed by atoms with E-state index >= 15 is 0 Å². The summed E-state index contributed by atoms with van der Waals surface area (Å²) in [5, 5.41) is 6.27. The van der Waals surface area contributed by atoms with Crippen LogP contribution >= 0.6 is 23.4 Å². The molecule has 0 saturated heterocycles. The standard InChI is InChI=1S/C18H19ClN2O2S/c19-15-6-8-16(9-7-15)24-13-10-17(22)20-11-12-21-18(23)14-4-2-1-3-5-14/h1-9H,10-13H2,(H,20,22)(H,21,23). The van der Waals surface area contributed by atoms with Gasteiger partial charge in [0.1, 0.15) is 0 Å². The Labute approximate surface area is 151 Å². The van der Waals surface area contributed by atoms with Crippen LogP contribution in [0.5, 0.6) is 0 Å². The number of nitrogens with one attached hydrogen (secondary N) is 2. The number of halogens is 1. The minimum Gasteiger partial charge on any atom is -0.354 e. The van der Waals surface area contributed by atoms with Gasteiger partial charge in [-0.1, -0.05) is 29.8 Å². The zero-order valence-electron chi connectivity index (χ0n) is 13.1. The monoisotopic (exact) mass is 362 g/mol. The van der Waals surface area contributed by atoms with Crippen LogP contribution < -0.4 is 10.6 Å². The number of rotatable bonds is 8. The van der Waals surface area contributed by atoms with Crippen LogP contribution in [0.1, 0.15) is 16.8 Å². The second-order valence-electron chi connectivity index (χ2n) is 5.02. The van der Waals surface area contributed by atoms with Crippen molar-refractivity contribution in [2.24, 2.45) is 0 Å². The lowest BCUT2D eigenvalue weighted by Gasteiger charge is -2.07. The van der Waals surface area contributed by atoms with Gasteiger partial charge in [0, 0.05) is 40.7 Å². The van der Waals surface area contributed by atoms with Crippen molar-refractivity contribution in [2.75, 3.05) is 18.8 Å². The number of hydrogen-bond donors (Lipinski definition) is 2. The quantitative estimate of drug-likeness (QED) is 0.559. The molecule has 0 aliphatic rings. The van der Waals surface area contributed by atoms with E-state index in [0.717, 1.165) is 4.90 Å². The summed E-state index contributed by atoms with van der Waals surface area (Å²) in [6.07, 6.45) is 0.430. The summed E-state index contributed by atoms with van der Waals surface area (Å²) in [5.74, 6) is 0.540. The van der Waals surface area contributed by atoms with Gasteiger partial charge < -0.3 is 10.6 Å².